The zero-order valence-electron chi connectivity index (χ0n) is 21.0. The summed E-state index contributed by atoms with van der Waals surface area (Å²) in [5, 5.41) is 0.00346. The lowest BCUT2D eigenvalue weighted by molar-refractivity contribution is -0.120. The quantitative estimate of drug-likeness (QED) is 0.116. The predicted octanol–water partition coefficient (Wildman–Crippen LogP) is 6.16. The van der Waals surface area contributed by atoms with Crippen LogP contribution in [0.1, 0.15) is 11.1 Å². The molecule has 40 heavy (non-hydrogen) atoms. The monoisotopic (exact) mass is 588 g/mol. The number of nitrogens with zero attached hydrogens (tertiary/aromatic N) is 2. The van der Waals surface area contributed by atoms with Crippen LogP contribution in [0.5, 0.6) is 5.75 Å². The molecule has 1 saturated heterocycles. The molecule has 7 nitrogen and oxygen atoms in total. The van der Waals surface area contributed by atoms with Gasteiger partial charge in [0.05, 0.1) is 16.4 Å². The third-order valence-corrected chi connectivity index (χ3v) is 7.96. The van der Waals surface area contributed by atoms with Gasteiger partial charge >= 0.3 is 10.1 Å². The average Bonchev–Trinajstić information content (AvgIpc) is 2.94. The van der Waals surface area contributed by atoms with Crippen LogP contribution in [0, 0.1) is 6.92 Å². The number of carbonyl (C=O) groups is 2. The van der Waals surface area contributed by atoms with Gasteiger partial charge in [0.25, 0.3) is 11.8 Å². The van der Waals surface area contributed by atoms with Gasteiger partial charge < -0.3 is 4.18 Å². The minimum atomic E-state index is -4.13. The summed E-state index contributed by atoms with van der Waals surface area (Å²) in [5.41, 5.74) is 2.13. The van der Waals surface area contributed by atoms with Crippen LogP contribution in [0.15, 0.2) is 114 Å². The number of hydrogen-bond donors (Lipinski definition) is 0. The zero-order chi connectivity index (χ0) is 28.4. The minimum Gasteiger partial charge on any atom is -0.377 e. The summed E-state index contributed by atoms with van der Waals surface area (Å²) in [6.07, 6.45) is 1.39. The van der Waals surface area contributed by atoms with Crippen molar-refractivity contribution in [2.24, 2.45) is 0 Å². The maximum atomic E-state index is 13.6. The van der Waals surface area contributed by atoms with Crippen molar-refractivity contribution in [3.05, 3.63) is 125 Å². The molecular weight excluding hydrogens is 568 g/mol. The Labute approximate surface area is 242 Å². The first-order valence-electron chi connectivity index (χ1n) is 12.0. The van der Waals surface area contributed by atoms with Gasteiger partial charge in [0.2, 0.25) is 0 Å². The Morgan fingerprint density at radius 2 is 1.30 bits per heavy atom. The first kappa shape index (κ1) is 27.3. The fourth-order valence-electron chi connectivity index (χ4n) is 4.05. The molecule has 1 heterocycles. The number of aryl methyl sites for hydroxylation is 1. The van der Waals surface area contributed by atoms with Crippen LogP contribution in [0.2, 0.25) is 5.02 Å². The molecule has 1 aliphatic heterocycles. The van der Waals surface area contributed by atoms with Crippen molar-refractivity contribution in [2.45, 2.75) is 11.8 Å². The first-order chi connectivity index (χ1) is 19.2. The highest BCUT2D eigenvalue weighted by Crippen LogP contribution is 2.32. The second kappa shape index (κ2) is 11.1. The molecular formula is C30H21ClN2O5S2. The molecule has 0 aliphatic carbocycles. The Bertz CT molecular complexity index is 1690. The molecule has 4 aromatic carbocycles. The number of carbonyl (C=O) groups excluding carboxylic acids is 2. The van der Waals surface area contributed by atoms with Gasteiger partial charge in [-0.1, -0.05) is 71.8 Å². The molecule has 0 atom stereocenters. The molecule has 0 radical (unpaired) electrons. The Morgan fingerprint density at radius 1 is 0.775 bits per heavy atom. The van der Waals surface area contributed by atoms with Gasteiger partial charge in [-0.15, -0.1) is 0 Å². The minimum absolute atomic E-state index is 0.0169. The van der Waals surface area contributed by atoms with E-state index in [2.05, 4.69) is 0 Å². The smallest absolute Gasteiger partial charge is 0.339 e. The molecule has 1 fully saturated rings. The largest absolute Gasteiger partial charge is 0.377 e. The number of thiocarbonyl (C=S) groups is 1. The summed E-state index contributed by atoms with van der Waals surface area (Å²) in [7, 11) is -4.13. The van der Waals surface area contributed by atoms with E-state index in [0.717, 1.165) is 5.56 Å². The lowest BCUT2D eigenvalue weighted by atomic mass is 10.0. The maximum Gasteiger partial charge on any atom is 0.339 e. The fourth-order valence-corrected chi connectivity index (χ4v) is 5.65. The summed E-state index contributed by atoms with van der Waals surface area (Å²) in [5.74, 6) is -1.30. The van der Waals surface area contributed by atoms with E-state index in [1.807, 2.05) is 19.1 Å². The third kappa shape index (κ3) is 5.40. The van der Waals surface area contributed by atoms with Gasteiger partial charge in [-0.2, -0.15) is 8.42 Å². The van der Waals surface area contributed by atoms with Crippen LogP contribution in [-0.4, -0.2) is 25.3 Å². The Kier molecular flexibility index (Phi) is 7.53. The predicted molar refractivity (Wildman–Crippen MR) is 159 cm³/mol. The second-order valence-corrected chi connectivity index (χ2v) is 11.2. The zero-order valence-corrected chi connectivity index (χ0v) is 23.4. The molecule has 0 N–H and O–H groups in total. The molecule has 1 aliphatic rings. The molecule has 0 saturated carbocycles. The van der Waals surface area contributed by atoms with E-state index in [1.165, 1.54) is 46.2 Å². The number of benzene rings is 4. The highest BCUT2D eigenvalue weighted by Gasteiger charge is 2.41. The number of rotatable bonds is 6. The van der Waals surface area contributed by atoms with Gasteiger partial charge in [0, 0.05) is 0 Å². The van der Waals surface area contributed by atoms with Crippen LogP contribution < -0.4 is 14.0 Å². The van der Waals surface area contributed by atoms with Crippen LogP contribution >= 0.6 is 23.8 Å². The topological polar surface area (TPSA) is 84.0 Å². The van der Waals surface area contributed by atoms with Gasteiger partial charge in [-0.3, -0.25) is 19.4 Å². The SMILES string of the molecule is Cc1ccc(S(=O)(=O)Oc2ccc(C=C3C(=O)N(c4ccccc4)C(=S)N(c4ccccc4)C3=O)cc2Cl)cc1. The van der Waals surface area contributed by atoms with E-state index in [1.54, 1.807) is 60.7 Å². The second-order valence-electron chi connectivity index (χ2n) is 8.83. The number of amides is 2. The number of halogens is 1. The molecule has 4 aromatic rings. The highest BCUT2D eigenvalue weighted by atomic mass is 35.5. The van der Waals surface area contributed by atoms with E-state index in [9.17, 15) is 18.0 Å². The van der Waals surface area contributed by atoms with Crippen LogP contribution in [0.25, 0.3) is 6.08 Å². The van der Waals surface area contributed by atoms with Crippen LogP contribution in [0.4, 0.5) is 11.4 Å². The van der Waals surface area contributed by atoms with Crippen molar-refractivity contribution in [2.75, 3.05) is 9.80 Å². The van der Waals surface area contributed by atoms with E-state index in [0.29, 0.717) is 16.9 Å². The Balaban J connectivity index is 1.51. The van der Waals surface area contributed by atoms with Crippen molar-refractivity contribution in [3.63, 3.8) is 0 Å². The van der Waals surface area contributed by atoms with E-state index >= 15 is 0 Å². The molecule has 0 spiro atoms. The lowest BCUT2D eigenvalue weighted by Crippen LogP contribution is -2.56. The number of para-hydroxylation sites is 2. The molecule has 0 unspecified atom stereocenters. The summed E-state index contributed by atoms with van der Waals surface area (Å²) < 4.78 is 30.7. The van der Waals surface area contributed by atoms with Crippen molar-refractivity contribution < 1.29 is 22.2 Å². The molecule has 10 heteroatoms. The molecule has 0 aromatic heterocycles. The maximum absolute atomic E-state index is 13.6. The number of anilines is 2. The average molecular weight is 589 g/mol. The third-order valence-electron chi connectivity index (χ3n) is 6.05. The van der Waals surface area contributed by atoms with E-state index in [-0.39, 0.29) is 26.4 Å². The van der Waals surface area contributed by atoms with Crippen LogP contribution in [-0.2, 0) is 19.7 Å². The normalized spacial score (nSPS) is 13.9. The van der Waals surface area contributed by atoms with Crippen molar-refractivity contribution in [3.8, 4) is 5.75 Å². The molecule has 5 rings (SSSR count). The van der Waals surface area contributed by atoms with E-state index < -0.39 is 21.9 Å². The van der Waals surface area contributed by atoms with Crippen LogP contribution in [0.3, 0.4) is 0 Å². The summed E-state index contributed by atoms with van der Waals surface area (Å²) in [6.45, 7) is 1.84. The van der Waals surface area contributed by atoms with Crippen molar-refractivity contribution >= 4 is 68.3 Å². The molecule has 2 amide bonds. The first-order valence-corrected chi connectivity index (χ1v) is 14.2. The van der Waals surface area contributed by atoms with E-state index in [4.69, 9.17) is 28.0 Å². The van der Waals surface area contributed by atoms with Gasteiger partial charge in [-0.25, -0.2) is 0 Å². The highest BCUT2D eigenvalue weighted by molar-refractivity contribution is 7.87. The fraction of sp³-hybridized carbons (Fsp3) is 0.0333. The van der Waals surface area contributed by atoms with Crippen molar-refractivity contribution in [1.29, 1.82) is 0 Å². The Hall–Kier alpha value is -4.31. The Morgan fingerprint density at radius 3 is 1.80 bits per heavy atom. The lowest BCUT2D eigenvalue weighted by Gasteiger charge is -2.36. The van der Waals surface area contributed by atoms with Gasteiger partial charge in [0.15, 0.2) is 10.9 Å². The molecule has 0 bridgehead atoms. The number of hydrogen-bond acceptors (Lipinski definition) is 6. The standard InChI is InChI=1S/C30H21ClN2O5S2/c1-20-12-15-24(16-13-20)40(36,37)38-27-17-14-21(19-26(27)31)18-25-28(34)32(22-8-4-2-5-9-22)30(39)33(29(25)35)23-10-6-3-7-11-23/h2-19H,1H3. The van der Waals surface area contributed by atoms with Gasteiger partial charge in [-0.05, 0) is 79.3 Å². The summed E-state index contributed by atoms with van der Waals surface area (Å²) in [4.78, 5) is 29.8. The van der Waals surface area contributed by atoms with Gasteiger partial charge in [0.1, 0.15) is 10.5 Å². The van der Waals surface area contributed by atoms with Crippen molar-refractivity contribution in [1.82, 2.24) is 0 Å². The summed E-state index contributed by atoms with van der Waals surface area (Å²) >= 11 is 12.0. The summed E-state index contributed by atoms with van der Waals surface area (Å²) in [6, 6.07) is 28.1. The molecule has 200 valence electrons.